The second-order valence-corrected chi connectivity index (χ2v) is 6.88. The lowest BCUT2D eigenvalue weighted by Crippen LogP contribution is -2.69. The Hall–Kier alpha value is -0.710. The van der Waals surface area contributed by atoms with E-state index in [9.17, 15) is 9.59 Å². The first-order valence-electron chi connectivity index (χ1n) is 7.77. The van der Waals surface area contributed by atoms with E-state index in [1.54, 1.807) is 11.8 Å². The third-order valence-electron chi connectivity index (χ3n) is 4.55. The molecule has 20 heavy (non-hydrogen) atoms. The predicted octanol–water partition coefficient (Wildman–Crippen LogP) is 2.18. The molecule has 2 aliphatic rings. The van der Waals surface area contributed by atoms with Crippen LogP contribution in [0.5, 0.6) is 0 Å². The van der Waals surface area contributed by atoms with Gasteiger partial charge < -0.3 is 10.2 Å². The van der Waals surface area contributed by atoms with Crippen molar-refractivity contribution in [2.75, 3.05) is 18.6 Å². The van der Waals surface area contributed by atoms with Crippen LogP contribution in [0.3, 0.4) is 0 Å². The molecular weight excluding hydrogens is 272 g/mol. The maximum atomic E-state index is 12.7. The zero-order valence-corrected chi connectivity index (χ0v) is 13.4. The molecule has 0 aromatic carbocycles. The molecule has 1 unspecified atom stereocenters. The molecule has 2 amide bonds. The standard InChI is InChI=1S/C15H26N2O2S/c1-3-7-12-13(18)17(10-6-11-20-2)15(14(19)16-12)8-4-5-9-15/h12H,3-11H2,1-2H3,(H,16,19). The van der Waals surface area contributed by atoms with Crippen LogP contribution < -0.4 is 5.32 Å². The fourth-order valence-corrected chi connectivity index (χ4v) is 3.93. The van der Waals surface area contributed by atoms with Crippen LogP contribution in [-0.4, -0.2) is 46.8 Å². The monoisotopic (exact) mass is 298 g/mol. The van der Waals surface area contributed by atoms with Crippen molar-refractivity contribution in [2.24, 2.45) is 0 Å². The number of nitrogens with zero attached hydrogens (tertiary/aromatic N) is 1. The molecule has 1 aliphatic carbocycles. The first kappa shape index (κ1) is 15.7. The lowest BCUT2D eigenvalue weighted by Gasteiger charge is -2.46. The summed E-state index contributed by atoms with van der Waals surface area (Å²) >= 11 is 1.80. The van der Waals surface area contributed by atoms with Gasteiger partial charge in [-0.2, -0.15) is 11.8 Å². The van der Waals surface area contributed by atoms with Crippen LogP contribution in [0.25, 0.3) is 0 Å². The minimum absolute atomic E-state index is 0.0946. The molecule has 0 aromatic rings. The Morgan fingerprint density at radius 2 is 2.05 bits per heavy atom. The molecule has 114 valence electrons. The Bertz CT molecular complexity index is 367. The SMILES string of the molecule is CCCC1NC(=O)C2(CCCC2)N(CCCSC)C1=O. The van der Waals surface area contributed by atoms with Gasteiger partial charge in [0.15, 0.2) is 0 Å². The summed E-state index contributed by atoms with van der Waals surface area (Å²) < 4.78 is 0. The van der Waals surface area contributed by atoms with Gasteiger partial charge in [0.05, 0.1) is 0 Å². The quantitative estimate of drug-likeness (QED) is 0.765. The van der Waals surface area contributed by atoms with Gasteiger partial charge in [0.1, 0.15) is 11.6 Å². The van der Waals surface area contributed by atoms with Gasteiger partial charge in [0.25, 0.3) is 0 Å². The van der Waals surface area contributed by atoms with Gasteiger partial charge in [0, 0.05) is 6.54 Å². The molecule has 2 rings (SSSR count). The van der Waals surface area contributed by atoms with E-state index in [0.717, 1.165) is 57.2 Å². The van der Waals surface area contributed by atoms with Gasteiger partial charge in [-0.05, 0) is 37.7 Å². The van der Waals surface area contributed by atoms with Gasteiger partial charge in [-0.15, -0.1) is 0 Å². The number of piperazine rings is 1. The molecule has 1 heterocycles. The number of hydrogen-bond acceptors (Lipinski definition) is 3. The van der Waals surface area contributed by atoms with Gasteiger partial charge in [-0.1, -0.05) is 26.2 Å². The first-order valence-corrected chi connectivity index (χ1v) is 9.16. The highest BCUT2D eigenvalue weighted by Gasteiger charge is 2.53. The normalized spacial score (nSPS) is 25.3. The first-order chi connectivity index (χ1) is 9.65. The van der Waals surface area contributed by atoms with E-state index in [-0.39, 0.29) is 17.9 Å². The number of rotatable bonds is 6. The highest BCUT2D eigenvalue weighted by atomic mass is 32.2. The second kappa shape index (κ2) is 6.83. The van der Waals surface area contributed by atoms with Crippen LogP contribution in [-0.2, 0) is 9.59 Å². The molecule has 1 atom stereocenters. The molecule has 1 N–H and O–H groups in total. The van der Waals surface area contributed by atoms with Crippen molar-refractivity contribution in [2.45, 2.75) is 63.5 Å². The molecule has 0 bridgehead atoms. The number of amides is 2. The fourth-order valence-electron chi connectivity index (χ4n) is 3.51. The van der Waals surface area contributed by atoms with Crippen LogP contribution in [0.15, 0.2) is 0 Å². The summed E-state index contributed by atoms with van der Waals surface area (Å²) in [5.74, 6) is 1.28. The lowest BCUT2D eigenvalue weighted by molar-refractivity contribution is -0.157. The summed E-state index contributed by atoms with van der Waals surface area (Å²) in [7, 11) is 0. The van der Waals surface area contributed by atoms with E-state index in [2.05, 4.69) is 18.5 Å². The molecule has 4 nitrogen and oxygen atoms in total. The van der Waals surface area contributed by atoms with E-state index in [1.807, 2.05) is 4.90 Å². The van der Waals surface area contributed by atoms with Crippen molar-refractivity contribution in [3.05, 3.63) is 0 Å². The highest BCUT2D eigenvalue weighted by Crippen LogP contribution is 2.38. The minimum Gasteiger partial charge on any atom is -0.342 e. The maximum Gasteiger partial charge on any atom is 0.246 e. The molecule has 2 fully saturated rings. The summed E-state index contributed by atoms with van der Waals surface area (Å²) in [6.07, 6.45) is 8.50. The molecule has 1 saturated carbocycles. The number of carbonyl (C=O) groups excluding carboxylic acids is 2. The van der Waals surface area contributed by atoms with Gasteiger partial charge in [0.2, 0.25) is 11.8 Å². The average molecular weight is 298 g/mol. The van der Waals surface area contributed by atoms with Crippen molar-refractivity contribution in [1.82, 2.24) is 10.2 Å². The number of thioether (sulfide) groups is 1. The van der Waals surface area contributed by atoms with Crippen molar-refractivity contribution in [1.29, 1.82) is 0 Å². The van der Waals surface area contributed by atoms with Gasteiger partial charge in [-0.3, -0.25) is 9.59 Å². The Balaban J connectivity index is 2.17. The second-order valence-electron chi connectivity index (χ2n) is 5.89. The molecule has 1 saturated heterocycles. The summed E-state index contributed by atoms with van der Waals surface area (Å²) in [4.78, 5) is 27.2. The van der Waals surface area contributed by atoms with Crippen LogP contribution in [0, 0.1) is 0 Å². The van der Waals surface area contributed by atoms with Crippen LogP contribution in [0.2, 0.25) is 0 Å². The summed E-state index contributed by atoms with van der Waals surface area (Å²) in [6, 6.07) is -0.298. The zero-order chi connectivity index (χ0) is 14.6. The van der Waals surface area contributed by atoms with E-state index in [0.29, 0.717) is 0 Å². The maximum absolute atomic E-state index is 12.7. The van der Waals surface area contributed by atoms with Gasteiger partial charge >= 0.3 is 0 Å². The number of nitrogens with one attached hydrogen (secondary N) is 1. The summed E-state index contributed by atoms with van der Waals surface area (Å²) in [6.45, 7) is 2.78. The molecule has 0 radical (unpaired) electrons. The highest BCUT2D eigenvalue weighted by molar-refractivity contribution is 7.98. The molecule has 1 spiro atoms. The van der Waals surface area contributed by atoms with Gasteiger partial charge in [-0.25, -0.2) is 0 Å². The third kappa shape index (κ3) is 2.83. The Labute approximate surface area is 126 Å². The molecule has 5 heteroatoms. The molecule has 0 aromatic heterocycles. The van der Waals surface area contributed by atoms with E-state index < -0.39 is 5.54 Å². The number of carbonyl (C=O) groups is 2. The Kier molecular flexibility index (Phi) is 5.35. The lowest BCUT2D eigenvalue weighted by atomic mass is 9.88. The van der Waals surface area contributed by atoms with E-state index in [1.165, 1.54) is 0 Å². The Morgan fingerprint density at radius 1 is 1.35 bits per heavy atom. The molecule has 1 aliphatic heterocycles. The van der Waals surface area contributed by atoms with Crippen molar-refractivity contribution in [3.63, 3.8) is 0 Å². The average Bonchev–Trinajstić information content (AvgIpc) is 2.91. The molecular formula is C15H26N2O2S. The van der Waals surface area contributed by atoms with Crippen molar-refractivity contribution in [3.8, 4) is 0 Å². The van der Waals surface area contributed by atoms with E-state index >= 15 is 0 Å². The van der Waals surface area contributed by atoms with E-state index in [4.69, 9.17) is 0 Å². The summed E-state index contributed by atoms with van der Waals surface area (Å²) in [5, 5.41) is 2.98. The third-order valence-corrected chi connectivity index (χ3v) is 5.24. The number of hydrogen-bond donors (Lipinski definition) is 1. The predicted molar refractivity (Wildman–Crippen MR) is 82.7 cm³/mol. The largest absolute Gasteiger partial charge is 0.342 e. The minimum atomic E-state index is -0.528. The fraction of sp³-hybridized carbons (Fsp3) is 0.867. The van der Waals surface area contributed by atoms with Crippen LogP contribution in [0.4, 0.5) is 0 Å². The van der Waals surface area contributed by atoms with Crippen LogP contribution >= 0.6 is 11.8 Å². The zero-order valence-electron chi connectivity index (χ0n) is 12.6. The smallest absolute Gasteiger partial charge is 0.246 e. The van der Waals surface area contributed by atoms with Crippen LogP contribution in [0.1, 0.15) is 51.9 Å². The van der Waals surface area contributed by atoms with Crippen molar-refractivity contribution < 1.29 is 9.59 Å². The Morgan fingerprint density at radius 3 is 2.65 bits per heavy atom. The van der Waals surface area contributed by atoms with Crippen molar-refractivity contribution >= 4 is 23.6 Å². The summed E-state index contributed by atoms with van der Waals surface area (Å²) in [5.41, 5.74) is -0.528. The topological polar surface area (TPSA) is 49.4 Å².